The van der Waals surface area contributed by atoms with Crippen molar-refractivity contribution >= 4 is 17.9 Å². The Kier molecular flexibility index (Phi) is 3.52. The molecule has 23 heavy (non-hydrogen) atoms. The highest BCUT2D eigenvalue weighted by atomic mass is 16.4. The summed E-state index contributed by atoms with van der Waals surface area (Å²) in [5, 5.41) is 22.9. The van der Waals surface area contributed by atoms with Gasteiger partial charge in [0.15, 0.2) is 0 Å². The average molecular weight is 313 g/mol. The summed E-state index contributed by atoms with van der Waals surface area (Å²) in [6, 6.07) is 8.47. The summed E-state index contributed by atoms with van der Waals surface area (Å²) in [4.78, 5) is 35.0. The molecular weight excluding hydrogens is 298 g/mol. The summed E-state index contributed by atoms with van der Waals surface area (Å²) >= 11 is 0. The molecule has 0 spiro atoms. The number of benzene rings is 1. The van der Waals surface area contributed by atoms with Crippen LogP contribution in [0.25, 0.3) is 0 Å². The minimum absolute atomic E-state index is 0.300. The second-order valence-electron chi connectivity index (χ2n) is 5.98. The van der Waals surface area contributed by atoms with Crippen molar-refractivity contribution in [1.29, 1.82) is 5.26 Å². The molecule has 7 nitrogen and oxygen atoms in total. The highest BCUT2D eigenvalue weighted by molar-refractivity contribution is 6.07. The lowest BCUT2D eigenvalue weighted by molar-refractivity contribution is -0.139. The molecule has 0 radical (unpaired) electrons. The first-order valence-corrected chi connectivity index (χ1v) is 7.32. The van der Waals surface area contributed by atoms with Gasteiger partial charge in [-0.1, -0.05) is 12.1 Å². The summed E-state index contributed by atoms with van der Waals surface area (Å²) < 4.78 is 0. The van der Waals surface area contributed by atoms with Crippen LogP contribution in [0, 0.1) is 23.2 Å². The van der Waals surface area contributed by atoms with E-state index >= 15 is 0 Å². The Morgan fingerprint density at radius 3 is 2.78 bits per heavy atom. The zero-order chi connectivity index (χ0) is 16.6. The molecule has 1 aromatic rings. The summed E-state index contributed by atoms with van der Waals surface area (Å²) in [5.41, 5.74) is 0.208. The first-order valence-electron chi connectivity index (χ1n) is 7.32. The van der Waals surface area contributed by atoms with Gasteiger partial charge < -0.3 is 10.4 Å². The van der Waals surface area contributed by atoms with Crippen molar-refractivity contribution in [2.45, 2.75) is 24.8 Å². The van der Waals surface area contributed by atoms with Crippen LogP contribution >= 0.6 is 0 Å². The highest BCUT2D eigenvalue weighted by Crippen LogP contribution is 2.49. The summed E-state index contributed by atoms with van der Waals surface area (Å²) in [5.74, 6) is -2.42. The number of nitrogens with one attached hydrogen (secondary N) is 2. The van der Waals surface area contributed by atoms with Gasteiger partial charge in [-0.15, -0.1) is 0 Å². The maximum atomic E-state index is 12.3. The second kappa shape index (κ2) is 5.39. The molecule has 1 saturated heterocycles. The third-order valence-electron chi connectivity index (χ3n) is 4.57. The van der Waals surface area contributed by atoms with Crippen molar-refractivity contribution in [3.05, 3.63) is 35.4 Å². The number of carboxylic acid groups (broad SMARTS) is 1. The van der Waals surface area contributed by atoms with Crippen LogP contribution in [0.3, 0.4) is 0 Å². The number of nitriles is 1. The molecule has 2 fully saturated rings. The zero-order valence-corrected chi connectivity index (χ0v) is 12.2. The number of carbonyl (C=O) groups is 3. The van der Waals surface area contributed by atoms with Crippen LogP contribution in [-0.2, 0) is 16.0 Å². The lowest BCUT2D eigenvalue weighted by Crippen LogP contribution is -2.50. The molecule has 118 valence electrons. The minimum Gasteiger partial charge on any atom is -0.481 e. The van der Waals surface area contributed by atoms with E-state index in [4.69, 9.17) is 10.4 Å². The third kappa shape index (κ3) is 2.63. The normalized spacial score (nSPS) is 28.7. The van der Waals surface area contributed by atoms with Crippen molar-refractivity contribution in [3.8, 4) is 6.07 Å². The van der Waals surface area contributed by atoms with Crippen LogP contribution in [0.15, 0.2) is 24.3 Å². The van der Waals surface area contributed by atoms with Gasteiger partial charge in [-0.2, -0.15) is 5.26 Å². The van der Waals surface area contributed by atoms with Gasteiger partial charge in [0, 0.05) is 5.92 Å². The molecule has 3 rings (SSSR count). The number of aliphatic carboxylic acids is 1. The lowest BCUT2D eigenvalue weighted by atomic mass is 9.85. The maximum absolute atomic E-state index is 12.3. The average Bonchev–Trinajstić information content (AvgIpc) is 3.27. The maximum Gasteiger partial charge on any atom is 0.322 e. The van der Waals surface area contributed by atoms with Gasteiger partial charge in [0.25, 0.3) is 5.91 Å². The fourth-order valence-electron chi connectivity index (χ4n) is 3.28. The highest BCUT2D eigenvalue weighted by Gasteiger charge is 2.62. The smallest absolute Gasteiger partial charge is 0.322 e. The number of hydrogen-bond acceptors (Lipinski definition) is 4. The van der Waals surface area contributed by atoms with Gasteiger partial charge in [-0.25, -0.2) is 4.79 Å². The van der Waals surface area contributed by atoms with Gasteiger partial charge in [-0.3, -0.25) is 14.9 Å². The Labute approximate surface area is 132 Å². The first kappa shape index (κ1) is 15.0. The van der Waals surface area contributed by atoms with E-state index in [1.165, 1.54) is 0 Å². The van der Waals surface area contributed by atoms with Gasteiger partial charge in [0.2, 0.25) is 0 Å². The molecule has 1 aliphatic carbocycles. The van der Waals surface area contributed by atoms with E-state index < -0.39 is 35.3 Å². The number of nitrogens with zero attached hydrogens (tertiary/aromatic N) is 1. The van der Waals surface area contributed by atoms with Crippen LogP contribution in [0.4, 0.5) is 4.79 Å². The largest absolute Gasteiger partial charge is 0.481 e. The molecule has 2 aliphatic rings. The molecule has 1 saturated carbocycles. The van der Waals surface area contributed by atoms with Gasteiger partial charge in [-0.05, 0) is 37.0 Å². The Hall–Kier alpha value is -2.88. The lowest BCUT2D eigenvalue weighted by Gasteiger charge is -2.26. The molecule has 3 atom stereocenters. The number of rotatable bonds is 5. The van der Waals surface area contributed by atoms with E-state index in [1.807, 2.05) is 6.07 Å². The Balaban J connectivity index is 1.80. The topological polar surface area (TPSA) is 119 Å². The van der Waals surface area contributed by atoms with Gasteiger partial charge in [0.1, 0.15) is 5.54 Å². The standard InChI is InChI=1S/C16H15N3O4/c17-8-10-3-1-2-9(6-10)4-5-16(12-7-11(12)13(20)21)14(22)18-15(23)19-16/h1-3,6,11-12H,4-5,7H2,(H,20,21)(H2,18,19,22,23). The van der Waals surface area contributed by atoms with E-state index in [-0.39, 0.29) is 0 Å². The molecule has 3 N–H and O–H groups in total. The predicted octanol–water partition coefficient (Wildman–Crippen LogP) is 0.790. The van der Waals surface area contributed by atoms with E-state index in [9.17, 15) is 14.4 Å². The third-order valence-corrected chi connectivity index (χ3v) is 4.57. The van der Waals surface area contributed by atoms with Gasteiger partial charge >= 0.3 is 12.0 Å². The van der Waals surface area contributed by atoms with Crippen LogP contribution in [-0.4, -0.2) is 28.6 Å². The van der Waals surface area contributed by atoms with Crippen molar-refractivity contribution in [1.82, 2.24) is 10.6 Å². The SMILES string of the molecule is N#Cc1cccc(CCC2(C3CC3C(=O)O)NC(=O)NC2=O)c1. The van der Waals surface area contributed by atoms with Crippen molar-refractivity contribution < 1.29 is 19.5 Å². The quantitative estimate of drug-likeness (QED) is 0.694. The van der Waals surface area contributed by atoms with Crippen LogP contribution in [0.2, 0.25) is 0 Å². The van der Waals surface area contributed by atoms with Crippen LogP contribution in [0.1, 0.15) is 24.0 Å². The molecule has 1 aliphatic heterocycles. The van der Waals surface area contributed by atoms with Crippen molar-refractivity contribution in [3.63, 3.8) is 0 Å². The molecule has 1 heterocycles. The van der Waals surface area contributed by atoms with E-state index in [0.717, 1.165) is 5.56 Å². The van der Waals surface area contributed by atoms with Crippen LogP contribution < -0.4 is 10.6 Å². The van der Waals surface area contributed by atoms with Crippen molar-refractivity contribution in [2.24, 2.45) is 11.8 Å². The molecule has 3 amide bonds. The zero-order valence-electron chi connectivity index (χ0n) is 12.2. The summed E-state index contributed by atoms with van der Waals surface area (Å²) in [6.07, 6.45) is 1.14. The van der Waals surface area contributed by atoms with E-state index in [2.05, 4.69) is 16.7 Å². The fraction of sp³-hybridized carbons (Fsp3) is 0.375. The minimum atomic E-state index is -1.18. The number of hydrogen-bond donors (Lipinski definition) is 3. The number of imide groups is 1. The number of carboxylic acids is 1. The summed E-state index contributed by atoms with van der Waals surface area (Å²) in [7, 11) is 0. The monoisotopic (exact) mass is 313 g/mol. The van der Waals surface area contributed by atoms with E-state index in [0.29, 0.717) is 24.8 Å². The second-order valence-corrected chi connectivity index (χ2v) is 5.98. The molecule has 0 bridgehead atoms. The fourth-order valence-corrected chi connectivity index (χ4v) is 3.28. The number of urea groups is 1. The molecular formula is C16H15N3O4. The predicted molar refractivity (Wildman–Crippen MR) is 78.1 cm³/mol. The van der Waals surface area contributed by atoms with Gasteiger partial charge in [0.05, 0.1) is 17.6 Å². The Bertz CT molecular complexity index is 739. The first-order chi connectivity index (χ1) is 11.0. The number of aryl methyl sites for hydroxylation is 1. The number of amides is 3. The Morgan fingerprint density at radius 1 is 1.43 bits per heavy atom. The summed E-state index contributed by atoms with van der Waals surface area (Å²) in [6.45, 7) is 0. The molecule has 0 aromatic heterocycles. The number of carbonyl (C=O) groups excluding carboxylic acids is 2. The Morgan fingerprint density at radius 2 is 2.22 bits per heavy atom. The molecule has 7 heteroatoms. The van der Waals surface area contributed by atoms with Crippen LogP contribution in [0.5, 0.6) is 0 Å². The molecule has 1 aromatic carbocycles. The van der Waals surface area contributed by atoms with Crippen molar-refractivity contribution in [2.75, 3.05) is 0 Å². The molecule has 3 unspecified atom stereocenters. The van der Waals surface area contributed by atoms with E-state index in [1.54, 1.807) is 18.2 Å².